The second kappa shape index (κ2) is 7.53. The van der Waals surface area contributed by atoms with Gasteiger partial charge >= 0.3 is 5.97 Å². The molecule has 0 radical (unpaired) electrons. The van der Waals surface area contributed by atoms with Crippen molar-refractivity contribution in [1.29, 1.82) is 0 Å². The molecular weight excluding hydrogens is 346 g/mol. The Hall–Kier alpha value is -3.28. The Morgan fingerprint density at radius 3 is 2.19 bits per heavy atom. The number of Topliss-reactive ketones (excluding diaryl/α,β-unsaturated/α-hetero) is 1. The molecule has 6 heteroatoms. The van der Waals surface area contributed by atoms with E-state index in [0.717, 1.165) is 12.8 Å². The monoisotopic (exact) mass is 365 g/mol. The molecule has 0 atom stereocenters. The minimum atomic E-state index is -0.638. The fourth-order valence-corrected chi connectivity index (χ4v) is 2.86. The molecule has 0 saturated carbocycles. The molecule has 3 rings (SSSR count). The van der Waals surface area contributed by atoms with E-state index in [9.17, 15) is 19.2 Å². The molecule has 0 bridgehead atoms. The number of carbonyl (C=O) groups is 4. The van der Waals surface area contributed by atoms with E-state index < -0.39 is 5.97 Å². The van der Waals surface area contributed by atoms with Crippen LogP contribution in [0, 0.1) is 0 Å². The number of fused-ring (bicyclic) bond motifs is 1. The van der Waals surface area contributed by atoms with Gasteiger partial charge in [-0.05, 0) is 55.8 Å². The van der Waals surface area contributed by atoms with Crippen molar-refractivity contribution >= 4 is 23.6 Å². The number of hydrogen-bond donors (Lipinski definition) is 0. The van der Waals surface area contributed by atoms with Crippen LogP contribution in [0.4, 0.5) is 0 Å². The Bertz CT molecular complexity index is 930. The van der Waals surface area contributed by atoms with Crippen LogP contribution in [-0.4, -0.2) is 35.0 Å². The lowest BCUT2D eigenvalue weighted by molar-refractivity contribution is 0.0651. The molecule has 6 nitrogen and oxygen atoms in total. The van der Waals surface area contributed by atoms with E-state index in [2.05, 4.69) is 0 Å². The number of hydrogen-bond acceptors (Lipinski definition) is 5. The number of benzene rings is 2. The van der Waals surface area contributed by atoms with Gasteiger partial charge in [-0.1, -0.05) is 13.3 Å². The lowest BCUT2D eigenvalue weighted by Gasteiger charge is -2.12. The van der Waals surface area contributed by atoms with Gasteiger partial charge in [-0.2, -0.15) is 0 Å². The van der Waals surface area contributed by atoms with E-state index in [0.29, 0.717) is 17.7 Å². The zero-order chi connectivity index (χ0) is 19.6. The minimum Gasteiger partial charge on any atom is -0.423 e. The first kappa shape index (κ1) is 18.5. The average Bonchev–Trinajstić information content (AvgIpc) is 2.90. The number of imide groups is 1. The van der Waals surface area contributed by atoms with Crippen LogP contribution in [-0.2, 0) is 0 Å². The van der Waals surface area contributed by atoms with E-state index in [1.165, 1.54) is 42.2 Å². The standard InChI is InChI=1S/C21H19NO5/c1-3-4-11-22-19(24)17-10-7-15(12-18(17)20(22)25)21(26)27-16-8-5-14(6-9-16)13(2)23/h5-10,12H,3-4,11H2,1-2H3. The number of amides is 2. The number of ketones is 1. The molecule has 2 amide bonds. The number of carbonyl (C=O) groups excluding carboxylic acids is 4. The highest BCUT2D eigenvalue weighted by Gasteiger charge is 2.35. The summed E-state index contributed by atoms with van der Waals surface area (Å²) in [5, 5.41) is 0. The second-order valence-electron chi connectivity index (χ2n) is 6.35. The van der Waals surface area contributed by atoms with Gasteiger partial charge in [-0.15, -0.1) is 0 Å². The molecule has 0 spiro atoms. The number of rotatable bonds is 6. The maximum atomic E-state index is 12.5. The largest absolute Gasteiger partial charge is 0.423 e. The molecule has 0 aromatic heterocycles. The summed E-state index contributed by atoms with van der Waals surface area (Å²) < 4.78 is 5.29. The third-order valence-corrected chi connectivity index (χ3v) is 4.41. The summed E-state index contributed by atoms with van der Waals surface area (Å²) >= 11 is 0. The van der Waals surface area contributed by atoms with Crippen molar-refractivity contribution in [1.82, 2.24) is 4.90 Å². The van der Waals surface area contributed by atoms with Crippen LogP contribution in [0.5, 0.6) is 5.75 Å². The van der Waals surface area contributed by atoms with E-state index >= 15 is 0 Å². The zero-order valence-corrected chi connectivity index (χ0v) is 15.2. The van der Waals surface area contributed by atoms with Crippen LogP contribution in [0.1, 0.15) is 68.1 Å². The molecule has 138 valence electrons. The molecule has 0 unspecified atom stereocenters. The molecule has 27 heavy (non-hydrogen) atoms. The highest BCUT2D eigenvalue weighted by atomic mass is 16.5. The first-order valence-corrected chi connectivity index (χ1v) is 8.75. The molecule has 0 saturated heterocycles. The van der Waals surface area contributed by atoms with E-state index in [1.807, 2.05) is 6.92 Å². The van der Waals surface area contributed by atoms with Crippen molar-refractivity contribution < 1.29 is 23.9 Å². The summed E-state index contributed by atoms with van der Waals surface area (Å²) in [4.78, 5) is 49.7. The van der Waals surface area contributed by atoms with Gasteiger partial charge in [-0.25, -0.2) is 4.79 Å². The summed E-state index contributed by atoms with van der Waals surface area (Å²) in [5.41, 5.74) is 1.22. The van der Waals surface area contributed by atoms with Gasteiger partial charge in [0.2, 0.25) is 0 Å². The topological polar surface area (TPSA) is 80.8 Å². The summed E-state index contributed by atoms with van der Waals surface area (Å²) in [5.74, 6) is -1.15. The fourth-order valence-electron chi connectivity index (χ4n) is 2.86. The average molecular weight is 365 g/mol. The van der Waals surface area contributed by atoms with Crippen LogP contribution in [0.15, 0.2) is 42.5 Å². The van der Waals surface area contributed by atoms with Gasteiger partial charge in [0, 0.05) is 12.1 Å². The first-order valence-electron chi connectivity index (χ1n) is 8.75. The van der Waals surface area contributed by atoms with Gasteiger partial charge in [0.15, 0.2) is 5.78 Å². The van der Waals surface area contributed by atoms with Crippen LogP contribution in [0.3, 0.4) is 0 Å². The smallest absolute Gasteiger partial charge is 0.343 e. The predicted octanol–water partition coefficient (Wildman–Crippen LogP) is 3.50. The van der Waals surface area contributed by atoms with Crippen molar-refractivity contribution in [3.05, 3.63) is 64.7 Å². The molecule has 2 aromatic rings. The van der Waals surface area contributed by atoms with Gasteiger partial charge in [-0.3, -0.25) is 19.3 Å². The Morgan fingerprint density at radius 2 is 1.56 bits per heavy atom. The van der Waals surface area contributed by atoms with Crippen LogP contribution in [0.2, 0.25) is 0 Å². The fraction of sp³-hybridized carbons (Fsp3) is 0.238. The highest BCUT2D eigenvalue weighted by Crippen LogP contribution is 2.25. The Balaban J connectivity index is 1.78. The summed E-state index contributed by atoms with van der Waals surface area (Å²) in [6.45, 7) is 3.80. The lowest BCUT2D eigenvalue weighted by Crippen LogP contribution is -2.30. The summed E-state index contributed by atoms with van der Waals surface area (Å²) in [7, 11) is 0. The van der Waals surface area contributed by atoms with Gasteiger partial charge < -0.3 is 4.74 Å². The summed E-state index contributed by atoms with van der Waals surface area (Å²) in [6.07, 6.45) is 1.60. The molecule has 1 aliphatic rings. The maximum Gasteiger partial charge on any atom is 0.343 e. The van der Waals surface area contributed by atoms with Crippen molar-refractivity contribution in [3.63, 3.8) is 0 Å². The summed E-state index contributed by atoms with van der Waals surface area (Å²) in [6, 6.07) is 10.6. The van der Waals surface area contributed by atoms with Crippen molar-refractivity contribution in [2.75, 3.05) is 6.54 Å². The van der Waals surface area contributed by atoms with E-state index in [-0.39, 0.29) is 34.5 Å². The third kappa shape index (κ3) is 3.65. The lowest BCUT2D eigenvalue weighted by atomic mass is 10.1. The van der Waals surface area contributed by atoms with Crippen LogP contribution < -0.4 is 4.74 Å². The molecule has 0 aliphatic carbocycles. The molecule has 1 heterocycles. The predicted molar refractivity (Wildman–Crippen MR) is 98.1 cm³/mol. The zero-order valence-electron chi connectivity index (χ0n) is 15.2. The van der Waals surface area contributed by atoms with Crippen LogP contribution in [0.25, 0.3) is 0 Å². The molecule has 2 aromatic carbocycles. The van der Waals surface area contributed by atoms with Gasteiger partial charge in [0.25, 0.3) is 11.8 Å². The van der Waals surface area contributed by atoms with E-state index in [4.69, 9.17) is 4.74 Å². The molecule has 0 fully saturated rings. The van der Waals surface area contributed by atoms with Crippen molar-refractivity contribution in [2.45, 2.75) is 26.7 Å². The SMILES string of the molecule is CCCCN1C(=O)c2ccc(C(=O)Oc3ccc(C(C)=O)cc3)cc2C1=O. The quantitative estimate of drug-likeness (QED) is 0.339. The normalized spacial score (nSPS) is 12.9. The van der Waals surface area contributed by atoms with Crippen LogP contribution >= 0.6 is 0 Å². The highest BCUT2D eigenvalue weighted by molar-refractivity contribution is 6.22. The molecular formula is C21H19NO5. The second-order valence-corrected chi connectivity index (χ2v) is 6.35. The Morgan fingerprint density at radius 1 is 0.926 bits per heavy atom. The van der Waals surface area contributed by atoms with Gasteiger partial charge in [0.05, 0.1) is 16.7 Å². The number of unbranched alkanes of at least 4 members (excludes halogenated alkanes) is 1. The number of ether oxygens (including phenoxy) is 1. The Labute approximate surface area is 156 Å². The van der Waals surface area contributed by atoms with Crippen molar-refractivity contribution in [3.8, 4) is 5.75 Å². The first-order chi connectivity index (χ1) is 12.9. The Kier molecular flexibility index (Phi) is 5.16. The van der Waals surface area contributed by atoms with E-state index in [1.54, 1.807) is 12.1 Å². The third-order valence-electron chi connectivity index (χ3n) is 4.41. The van der Waals surface area contributed by atoms with Crippen molar-refractivity contribution in [2.24, 2.45) is 0 Å². The number of nitrogens with zero attached hydrogens (tertiary/aromatic N) is 1. The minimum absolute atomic E-state index is 0.0812. The molecule has 0 N–H and O–H groups in total. The van der Waals surface area contributed by atoms with Gasteiger partial charge in [0.1, 0.15) is 5.75 Å². The molecule has 1 aliphatic heterocycles. The number of esters is 1. The maximum absolute atomic E-state index is 12.5.